The Morgan fingerprint density at radius 3 is 1.26 bits per heavy atom. The summed E-state index contributed by atoms with van der Waals surface area (Å²) in [6.07, 6.45) is -7.12. The van der Waals surface area contributed by atoms with Gasteiger partial charge in [0.25, 0.3) is 0 Å². The van der Waals surface area contributed by atoms with Crippen molar-refractivity contribution in [1.82, 2.24) is 9.80 Å². The van der Waals surface area contributed by atoms with E-state index < -0.39 is 35.3 Å². The van der Waals surface area contributed by atoms with Crippen molar-refractivity contribution in [1.29, 1.82) is 0 Å². The van der Waals surface area contributed by atoms with Crippen molar-refractivity contribution in [2.24, 2.45) is 11.8 Å². The molecule has 0 saturated heterocycles. The van der Waals surface area contributed by atoms with Crippen molar-refractivity contribution in [3.05, 3.63) is 119 Å². The summed E-state index contributed by atoms with van der Waals surface area (Å²) in [4.78, 5) is 30.1. The van der Waals surface area contributed by atoms with Crippen LogP contribution in [0.1, 0.15) is 41.5 Å². The molecule has 246 valence electrons. The van der Waals surface area contributed by atoms with Crippen LogP contribution in [-0.4, -0.2) is 35.7 Å². The Hall–Kier alpha value is -4.60. The van der Waals surface area contributed by atoms with Crippen molar-refractivity contribution >= 4 is 11.8 Å². The number of hydrogen-bond donors (Lipinski definition) is 0. The molecule has 5 rings (SSSR count). The number of carbonyl (C=O) groups is 2. The maximum Gasteiger partial charge on any atom is 0.417 e. The number of hydrogen-bond acceptors (Lipinski definition) is 2. The van der Waals surface area contributed by atoms with Gasteiger partial charge in [-0.3, -0.25) is 9.59 Å². The molecule has 1 saturated carbocycles. The van der Waals surface area contributed by atoms with Gasteiger partial charge in [-0.25, -0.2) is 0 Å². The summed E-state index contributed by atoms with van der Waals surface area (Å²) in [5.74, 6) is -1.36. The average molecular weight is 653 g/mol. The molecule has 4 aromatic carbocycles. The minimum absolute atomic E-state index is 0.0788. The van der Waals surface area contributed by atoms with E-state index in [9.17, 15) is 35.9 Å². The topological polar surface area (TPSA) is 40.6 Å². The van der Waals surface area contributed by atoms with E-state index >= 15 is 0 Å². The molecule has 0 aromatic heterocycles. The van der Waals surface area contributed by atoms with Gasteiger partial charge in [0.15, 0.2) is 0 Å². The van der Waals surface area contributed by atoms with Crippen LogP contribution in [0, 0.1) is 11.8 Å². The Kier molecular flexibility index (Phi) is 9.79. The van der Waals surface area contributed by atoms with Crippen LogP contribution in [0.4, 0.5) is 26.3 Å². The van der Waals surface area contributed by atoms with Crippen LogP contribution in [-0.2, 0) is 35.0 Å². The van der Waals surface area contributed by atoms with Gasteiger partial charge < -0.3 is 9.80 Å². The largest absolute Gasteiger partial charge is 0.417 e. The quantitative estimate of drug-likeness (QED) is 0.178. The van der Waals surface area contributed by atoms with Gasteiger partial charge in [-0.15, -0.1) is 0 Å². The van der Waals surface area contributed by atoms with Gasteiger partial charge in [0.1, 0.15) is 0 Å². The second-order valence-corrected chi connectivity index (χ2v) is 12.0. The third-order valence-electron chi connectivity index (χ3n) is 8.74. The molecule has 4 aromatic rings. The average Bonchev–Trinajstić information content (AvgIpc) is 3.54. The van der Waals surface area contributed by atoms with Crippen LogP contribution in [0.3, 0.4) is 0 Å². The minimum Gasteiger partial charge on any atom is -0.341 e. The van der Waals surface area contributed by atoms with Gasteiger partial charge in [-0.1, -0.05) is 91.3 Å². The van der Waals surface area contributed by atoms with Crippen LogP contribution in [0.5, 0.6) is 0 Å². The van der Waals surface area contributed by atoms with Gasteiger partial charge in [0, 0.05) is 39.0 Å². The van der Waals surface area contributed by atoms with Crippen molar-refractivity contribution in [3.63, 3.8) is 0 Å². The van der Waals surface area contributed by atoms with E-state index in [1.165, 1.54) is 24.3 Å². The molecule has 0 N–H and O–H groups in total. The van der Waals surface area contributed by atoms with Crippen LogP contribution in [0.25, 0.3) is 22.3 Å². The van der Waals surface area contributed by atoms with Gasteiger partial charge >= 0.3 is 12.4 Å². The molecule has 2 atom stereocenters. The minimum atomic E-state index is -4.48. The Balaban J connectivity index is 1.21. The fraction of sp³-hybridized carbons (Fsp3) is 0.297. The molecule has 0 heterocycles. The molecule has 0 aliphatic heterocycles. The molecule has 1 aliphatic carbocycles. The fourth-order valence-corrected chi connectivity index (χ4v) is 6.36. The van der Waals surface area contributed by atoms with Crippen molar-refractivity contribution in [2.75, 3.05) is 14.1 Å². The Labute approximate surface area is 269 Å². The van der Waals surface area contributed by atoms with Gasteiger partial charge in [0.05, 0.1) is 11.1 Å². The SMILES string of the molecule is CN(Cc1ccc(-c2ccccc2C(F)(F)F)cc1)C(=O)C1CCC[C@H]1C(=O)N(C)Cc1ccc(-c2ccccc2C(F)(F)F)cc1. The van der Waals surface area contributed by atoms with Gasteiger partial charge in [-0.05, 0) is 58.4 Å². The summed E-state index contributed by atoms with van der Waals surface area (Å²) in [5.41, 5.74) is 1.05. The fourth-order valence-electron chi connectivity index (χ4n) is 6.36. The highest BCUT2D eigenvalue weighted by atomic mass is 19.4. The normalized spacial score (nSPS) is 16.6. The Morgan fingerprint density at radius 2 is 0.915 bits per heavy atom. The van der Waals surface area contributed by atoms with E-state index in [4.69, 9.17) is 0 Å². The molecular weight excluding hydrogens is 618 g/mol. The highest BCUT2D eigenvalue weighted by Crippen LogP contribution is 2.39. The number of amides is 2. The molecule has 2 amide bonds. The molecule has 0 spiro atoms. The van der Waals surface area contributed by atoms with E-state index in [1.54, 1.807) is 84.6 Å². The summed E-state index contributed by atoms with van der Waals surface area (Å²) in [6.45, 7) is 0.466. The van der Waals surface area contributed by atoms with E-state index in [1.807, 2.05) is 0 Å². The lowest BCUT2D eigenvalue weighted by atomic mass is 9.92. The lowest BCUT2D eigenvalue weighted by molar-refractivity contribution is -0.144. The lowest BCUT2D eigenvalue weighted by Gasteiger charge is -2.28. The van der Waals surface area contributed by atoms with Crippen LogP contribution in [0.2, 0.25) is 0 Å². The van der Waals surface area contributed by atoms with E-state index in [0.29, 0.717) is 24.0 Å². The summed E-state index contributed by atoms with van der Waals surface area (Å²) >= 11 is 0. The maximum absolute atomic E-state index is 13.5. The number of nitrogens with zero attached hydrogens (tertiary/aromatic N) is 2. The predicted molar refractivity (Wildman–Crippen MR) is 168 cm³/mol. The van der Waals surface area contributed by atoms with E-state index in [0.717, 1.165) is 29.7 Å². The van der Waals surface area contributed by atoms with Gasteiger partial charge in [-0.2, -0.15) is 26.3 Å². The zero-order valence-corrected chi connectivity index (χ0v) is 25.9. The van der Waals surface area contributed by atoms with Crippen LogP contribution in [0.15, 0.2) is 97.1 Å². The molecule has 10 heteroatoms. The van der Waals surface area contributed by atoms with Crippen LogP contribution < -0.4 is 0 Å². The zero-order valence-electron chi connectivity index (χ0n) is 25.9. The molecular formula is C37H34F6N2O2. The van der Waals surface area contributed by atoms with Gasteiger partial charge in [0.2, 0.25) is 11.8 Å². The predicted octanol–water partition coefficient (Wildman–Crippen LogP) is 9.09. The molecule has 1 aliphatic rings. The first-order valence-corrected chi connectivity index (χ1v) is 15.2. The first-order chi connectivity index (χ1) is 22.2. The van der Waals surface area contributed by atoms with Crippen molar-refractivity contribution in [2.45, 2.75) is 44.7 Å². The van der Waals surface area contributed by atoms with Crippen molar-refractivity contribution < 1.29 is 35.9 Å². The monoisotopic (exact) mass is 652 g/mol. The first-order valence-electron chi connectivity index (χ1n) is 15.2. The smallest absolute Gasteiger partial charge is 0.341 e. The second kappa shape index (κ2) is 13.6. The van der Waals surface area contributed by atoms with Crippen LogP contribution >= 0.6 is 0 Å². The number of rotatable bonds is 8. The second-order valence-electron chi connectivity index (χ2n) is 12.0. The standard InChI is InChI=1S/C37H34F6N2O2/c1-44(22-24-14-18-26(19-15-24)28-8-3-5-12-32(28)36(38,39)40)34(46)30-10-7-11-31(30)35(47)45(2)23-25-16-20-27(21-17-25)29-9-4-6-13-33(29)37(41,42)43/h3-6,8-9,12-21,30-31H,7,10-11,22-23H2,1-2H3/t30-,31?/m1/s1. The lowest BCUT2D eigenvalue weighted by Crippen LogP contribution is -2.40. The summed E-state index contributed by atoms with van der Waals surface area (Å²) in [7, 11) is 3.30. The third kappa shape index (κ3) is 7.69. The highest BCUT2D eigenvalue weighted by Gasteiger charge is 2.40. The Morgan fingerprint density at radius 1 is 0.574 bits per heavy atom. The number of alkyl halides is 6. The molecule has 1 fully saturated rings. The summed E-state index contributed by atoms with van der Waals surface area (Å²) in [6, 6.07) is 24.0. The molecule has 47 heavy (non-hydrogen) atoms. The Bertz CT molecular complexity index is 1590. The summed E-state index contributed by atoms with van der Waals surface area (Å²) in [5, 5.41) is 0. The molecule has 4 nitrogen and oxygen atoms in total. The number of carbonyl (C=O) groups excluding carboxylic acids is 2. The van der Waals surface area contributed by atoms with E-state index in [-0.39, 0.29) is 36.0 Å². The van der Waals surface area contributed by atoms with E-state index in [2.05, 4.69) is 0 Å². The molecule has 0 radical (unpaired) electrons. The summed E-state index contributed by atoms with van der Waals surface area (Å²) < 4.78 is 80.9. The van der Waals surface area contributed by atoms with Crippen molar-refractivity contribution in [3.8, 4) is 22.3 Å². The number of halogens is 6. The molecule has 0 bridgehead atoms. The molecule has 1 unspecified atom stereocenters. The maximum atomic E-state index is 13.5. The zero-order chi connectivity index (χ0) is 33.9. The third-order valence-corrected chi connectivity index (χ3v) is 8.74. The first kappa shape index (κ1) is 33.8. The highest BCUT2D eigenvalue weighted by molar-refractivity contribution is 5.88. The number of benzene rings is 4.